The molecule has 250 valence electrons. The van der Waals surface area contributed by atoms with E-state index in [-0.39, 0.29) is 10.8 Å². The highest BCUT2D eigenvalue weighted by molar-refractivity contribution is 6.10. The Morgan fingerprint density at radius 1 is 0.431 bits per heavy atom. The smallest absolute Gasteiger partial charge is 0.164 e. The minimum atomic E-state index is -0.00500. The van der Waals surface area contributed by atoms with Crippen molar-refractivity contribution in [1.29, 1.82) is 0 Å². The first-order valence-corrected chi connectivity index (χ1v) is 17.6. The van der Waals surface area contributed by atoms with Gasteiger partial charge >= 0.3 is 0 Å². The van der Waals surface area contributed by atoms with Gasteiger partial charge in [0, 0.05) is 45.5 Å². The second-order valence-electron chi connectivity index (χ2n) is 15.3. The Hall–Kier alpha value is -5.94. The van der Waals surface area contributed by atoms with Crippen molar-refractivity contribution in [3.63, 3.8) is 0 Å². The predicted molar refractivity (Wildman–Crippen MR) is 211 cm³/mol. The maximum atomic E-state index is 5.18. The van der Waals surface area contributed by atoms with Crippen molar-refractivity contribution < 1.29 is 0 Å². The van der Waals surface area contributed by atoms with E-state index in [2.05, 4.69) is 106 Å². The molecule has 0 saturated carbocycles. The van der Waals surface area contributed by atoms with Gasteiger partial charge in [0.1, 0.15) is 0 Å². The molecule has 0 aliphatic rings. The summed E-state index contributed by atoms with van der Waals surface area (Å²) >= 11 is 0. The van der Waals surface area contributed by atoms with Gasteiger partial charge in [0.2, 0.25) is 0 Å². The largest absolute Gasteiger partial charge is 0.309 e. The number of hydrogen-bond acceptors (Lipinski definition) is 4. The number of rotatable bonds is 5. The molecular formula is C46H41N5. The third kappa shape index (κ3) is 6.10. The molecule has 3 heterocycles. The molecule has 0 bridgehead atoms. The van der Waals surface area contributed by atoms with Gasteiger partial charge in [0.05, 0.1) is 11.0 Å². The minimum Gasteiger partial charge on any atom is -0.309 e. The van der Waals surface area contributed by atoms with Crippen LogP contribution in [0.15, 0.2) is 140 Å². The fourth-order valence-electron chi connectivity index (χ4n) is 6.80. The average Bonchev–Trinajstić information content (AvgIpc) is 3.48. The van der Waals surface area contributed by atoms with E-state index in [4.69, 9.17) is 15.0 Å². The molecule has 0 saturated heterocycles. The fourth-order valence-corrected chi connectivity index (χ4v) is 6.80. The van der Waals surface area contributed by atoms with Crippen molar-refractivity contribution in [3.05, 3.63) is 151 Å². The monoisotopic (exact) mass is 663 g/mol. The van der Waals surface area contributed by atoms with Crippen LogP contribution >= 0.6 is 0 Å². The van der Waals surface area contributed by atoms with E-state index in [1.165, 1.54) is 32.9 Å². The number of nitrogens with zero attached hydrogens (tertiary/aromatic N) is 5. The first kappa shape index (κ1) is 32.3. The van der Waals surface area contributed by atoms with Crippen LogP contribution in [0.5, 0.6) is 0 Å². The Balaban J connectivity index is 1.45. The molecule has 3 aromatic heterocycles. The standard InChI is InChI=1S/C46H41N5/c1-45(2,3)33-17-20-37-38-21-18-34(46(4,5)6)28-41(38)51(40(37)27-33)35-19-22-36(30-23-25-47-26-24-30)39(29-35)44-49-42(31-13-9-7-10-14-31)48-43(50-44)32-15-11-8-12-16-32/h7-29H,1-6H3. The zero-order chi connectivity index (χ0) is 35.3. The lowest BCUT2D eigenvalue weighted by Crippen LogP contribution is -2.11. The predicted octanol–water partition coefficient (Wildman–Crippen LogP) is 11.6. The van der Waals surface area contributed by atoms with Crippen LogP contribution in [0.4, 0.5) is 0 Å². The van der Waals surface area contributed by atoms with E-state index in [9.17, 15) is 0 Å². The number of aromatic nitrogens is 5. The summed E-state index contributed by atoms with van der Waals surface area (Å²) in [7, 11) is 0. The van der Waals surface area contributed by atoms with Gasteiger partial charge in [-0.3, -0.25) is 4.98 Å². The quantitative estimate of drug-likeness (QED) is 0.184. The van der Waals surface area contributed by atoms with E-state index in [0.29, 0.717) is 17.5 Å². The molecule has 51 heavy (non-hydrogen) atoms. The molecule has 0 N–H and O–H groups in total. The second-order valence-corrected chi connectivity index (χ2v) is 15.3. The van der Waals surface area contributed by atoms with E-state index < -0.39 is 0 Å². The Kier molecular flexibility index (Phi) is 7.87. The van der Waals surface area contributed by atoms with Gasteiger partial charge in [-0.2, -0.15) is 0 Å². The summed E-state index contributed by atoms with van der Waals surface area (Å²) in [6.07, 6.45) is 3.67. The van der Waals surface area contributed by atoms with Gasteiger partial charge in [-0.05, 0) is 69.5 Å². The van der Waals surface area contributed by atoms with Crippen LogP contribution in [0.3, 0.4) is 0 Å². The topological polar surface area (TPSA) is 56.5 Å². The molecule has 8 aromatic rings. The van der Waals surface area contributed by atoms with Crippen LogP contribution in [0.25, 0.3) is 72.8 Å². The van der Waals surface area contributed by atoms with Gasteiger partial charge < -0.3 is 4.57 Å². The lowest BCUT2D eigenvalue weighted by molar-refractivity contribution is 0.591. The third-order valence-corrected chi connectivity index (χ3v) is 9.69. The van der Waals surface area contributed by atoms with Gasteiger partial charge in [-0.15, -0.1) is 0 Å². The van der Waals surface area contributed by atoms with Crippen molar-refractivity contribution in [2.75, 3.05) is 0 Å². The summed E-state index contributed by atoms with van der Waals surface area (Å²) in [5.74, 6) is 1.88. The van der Waals surface area contributed by atoms with E-state index in [1.807, 2.05) is 85.2 Å². The second kappa shape index (κ2) is 12.4. The van der Waals surface area contributed by atoms with Crippen molar-refractivity contribution in [1.82, 2.24) is 24.5 Å². The Labute approximate surface area is 299 Å². The fraction of sp³-hybridized carbons (Fsp3) is 0.174. The maximum Gasteiger partial charge on any atom is 0.164 e. The highest BCUT2D eigenvalue weighted by atomic mass is 15.0. The van der Waals surface area contributed by atoms with Gasteiger partial charge in [-0.25, -0.2) is 15.0 Å². The molecule has 0 fully saturated rings. The van der Waals surface area contributed by atoms with Crippen LogP contribution in [0, 0.1) is 0 Å². The molecule has 0 radical (unpaired) electrons. The Bertz CT molecular complexity index is 2390. The zero-order valence-electron chi connectivity index (χ0n) is 30.0. The first-order valence-electron chi connectivity index (χ1n) is 17.6. The first-order chi connectivity index (χ1) is 24.5. The molecule has 0 unspecified atom stereocenters. The van der Waals surface area contributed by atoms with Crippen LogP contribution in [0.1, 0.15) is 52.7 Å². The van der Waals surface area contributed by atoms with Crippen LogP contribution in [-0.2, 0) is 10.8 Å². The third-order valence-electron chi connectivity index (χ3n) is 9.69. The summed E-state index contributed by atoms with van der Waals surface area (Å²) in [5, 5.41) is 2.47. The highest BCUT2D eigenvalue weighted by Crippen LogP contribution is 2.40. The lowest BCUT2D eigenvalue weighted by Gasteiger charge is -2.20. The SMILES string of the molecule is CC(C)(C)c1ccc2c3ccc(C(C)(C)C)cc3n(-c3ccc(-c4ccncc4)c(-c4nc(-c5ccccc5)nc(-c5ccccc5)n4)c3)c2c1. The van der Waals surface area contributed by atoms with Crippen molar-refractivity contribution in [2.24, 2.45) is 0 Å². The summed E-state index contributed by atoms with van der Waals surface area (Å²) in [5.41, 5.74) is 10.8. The van der Waals surface area contributed by atoms with Crippen molar-refractivity contribution >= 4 is 21.8 Å². The molecule has 0 aliphatic heterocycles. The van der Waals surface area contributed by atoms with E-state index in [1.54, 1.807) is 0 Å². The molecule has 0 atom stereocenters. The van der Waals surface area contributed by atoms with Gasteiger partial charge in [0.25, 0.3) is 0 Å². The average molecular weight is 664 g/mol. The lowest BCUT2D eigenvalue weighted by atomic mass is 9.86. The van der Waals surface area contributed by atoms with E-state index >= 15 is 0 Å². The number of benzene rings is 5. The molecule has 5 heteroatoms. The number of fused-ring (bicyclic) bond motifs is 3. The zero-order valence-corrected chi connectivity index (χ0v) is 30.0. The minimum absolute atomic E-state index is 0.00500. The summed E-state index contributed by atoms with van der Waals surface area (Å²) < 4.78 is 2.42. The number of pyridine rings is 1. The summed E-state index contributed by atoms with van der Waals surface area (Å²) in [4.78, 5) is 19.7. The Morgan fingerprint density at radius 2 is 0.922 bits per heavy atom. The molecular weight excluding hydrogens is 623 g/mol. The summed E-state index contributed by atoms with van der Waals surface area (Å²) in [6.45, 7) is 13.6. The van der Waals surface area contributed by atoms with Crippen LogP contribution in [0.2, 0.25) is 0 Å². The van der Waals surface area contributed by atoms with Crippen LogP contribution in [-0.4, -0.2) is 24.5 Å². The summed E-state index contributed by atoms with van der Waals surface area (Å²) in [6, 6.07) is 44.9. The highest BCUT2D eigenvalue weighted by Gasteiger charge is 2.23. The van der Waals surface area contributed by atoms with Crippen LogP contribution < -0.4 is 0 Å². The van der Waals surface area contributed by atoms with E-state index in [0.717, 1.165) is 33.5 Å². The molecule has 8 rings (SSSR count). The molecule has 5 aromatic carbocycles. The Morgan fingerprint density at radius 3 is 1.41 bits per heavy atom. The molecule has 0 spiro atoms. The van der Waals surface area contributed by atoms with Gasteiger partial charge in [0.15, 0.2) is 17.5 Å². The molecule has 5 nitrogen and oxygen atoms in total. The molecule has 0 amide bonds. The molecule has 0 aliphatic carbocycles. The normalized spacial score (nSPS) is 12.1. The van der Waals surface area contributed by atoms with Crippen molar-refractivity contribution in [2.45, 2.75) is 52.4 Å². The maximum absolute atomic E-state index is 5.18. The van der Waals surface area contributed by atoms with Crippen molar-refractivity contribution in [3.8, 4) is 51.0 Å². The number of hydrogen-bond donors (Lipinski definition) is 0. The van der Waals surface area contributed by atoms with Gasteiger partial charge in [-0.1, -0.05) is 133 Å².